The Morgan fingerprint density at radius 1 is 1.37 bits per heavy atom. The van der Waals surface area contributed by atoms with Crippen LogP contribution in [0.15, 0.2) is 10.9 Å². The van der Waals surface area contributed by atoms with Gasteiger partial charge in [0.05, 0.1) is 6.61 Å². The molecule has 1 aliphatic carbocycles. The second-order valence-electron chi connectivity index (χ2n) is 7.92. The highest BCUT2D eigenvalue weighted by molar-refractivity contribution is 5.97. The van der Waals surface area contributed by atoms with Gasteiger partial charge in [-0.25, -0.2) is 4.79 Å². The molecular weight excluding hydrogens is 352 g/mol. The lowest BCUT2D eigenvalue weighted by molar-refractivity contribution is 0.0519. The Kier molecular flexibility index (Phi) is 4.71. The Morgan fingerprint density at radius 3 is 2.59 bits per heavy atom. The molecule has 9 heteroatoms. The van der Waals surface area contributed by atoms with E-state index in [2.05, 4.69) is 10.4 Å². The number of nitrogens with zero attached hydrogens (tertiary/aromatic N) is 3. The highest BCUT2D eigenvalue weighted by Gasteiger charge is 2.30. The summed E-state index contributed by atoms with van der Waals surface area (Å²) in [6.07, 6.45) is 1.69. The summed E-state index contributed by atoms with van der Waals surface area (Å²) in [7, 11) is 0. The summed E-state index contributed by atoms with van der Waals surface area (Å²) < 4.78 is 7.35. The van der Waals surface area contributed by atoms with Crippen LogP contribution in [0.3, 0.4) is 0 Å². The van der Waals surface area contributed by atoms with Gasteiger partial charge in [0, 0.05) is 18.7 Å². The molecule has 0 saturated heterocycles. The van der Waals surface area contributed by atoms with Gasteiger partial charge in [-0.2, -0.15) is 9.61 Å². The fourth-order valence-electron chi connectivity index (χ4n) is 2.78. The van der Waals surface area contributed by atoms with Gasteiger partial charge in [0.2, 0.25) is 5.88 Å². The van der Waals surface area contributed by atoms with Crippen LogP contribution in [0.2, 0.25) is 0 Å². The van der Waals surface area contributed by atoms with Crippen molar-refractivity contribution in [1.29, 1.82) is 0 Å². The molecule has 1 amide bonds. The number of carbonyl (C=O) groups is 2. The molecule has 0 aliphatic heterocycles. The van der Waals surface area contributed by atoms with Crippen molar-refractivity contribution in [3.05, 3.63) is 27.7 Å². The van der Waals surface area contributed by atoms with Crippen molar-refractivity contribution in [2.75, 3.05) is 6.61 Å². The van der Waals surface area contributed by atoms with Crippen LogP contribution in [0, 0.1) is 5.41 Å². The first-order valence-corrected chi connectivity index (χ1v) is 8.96. The van der Waals surface area contributed by atoms with E-state index in [4.69, 9.17) is 4.74 Å². The van der Waals surface area contributed by atoms with Crippen LogP contribution >= 0.6 is 0 Å². The smallest absolute Gasteiger partial charge is 0.358 e. The lowest BCUT2D eigenvalue weighted by Crippen LogP contribution is -2.37. The molecule has 3 rings (SSSR count). The lowest BCUT2D eigenvalue weighted by Gasteiger charge is -2.21. The average molecular weight is 376 g/mol. The van der Waals surface area contributed by atoms with E-state index in [1.165, 1.54) is 10.6 Å². The molecule has 27 heavy (non-hydrogen) atoms. The highest BCUT2D eigenvalue weighted by atomic mass is 16.5. The molecule has 0 radical (unpaired) electrons. The summed E-state index contributed by atoms with van der Waals surface area (Å²) in [6, 6.07) is 1.41. The normalized spacial score (nSPS) is 14.4. The molecule has 2 aromatic heterocycles. The Hall–Kier alpha value is -2.84. The predicted molar refractivity (Wildman–Crippen MR) is 97.0 cm³/mol. The zero-order valence-electron chi connectivity index (χ0n) is 15.9. The van der Waals surface area contributed by atoms with Crippen molar-refractivity contribution in [2.24, 2.45) is 5.41 Å². The van der Waals surface area contributed by atoms with Gasteiger partial charge in [-0.05, 0) is 25.2 Å². The van der Waals surface area contributed by atoms with Crippen LogP contribution in [-0.4, -0.2) is 43.8 Å². The molecule has 146 valence electrons. The van der Waals surface area contributed by atoms with Crippen LogP contribution in [0.4, 0.5) is 0 Å². The number of rotatable bonds is 5. The Labute approximate surface area is 155 Å². The van der Waals surface area contributed by atoms with Crippen molar-refractivity contribution in [3.8, 4) is 5.88 Å². The third-order valence-electron chi connectivity index (χ3n) is 4.11. The Balaban J connectivity index is 2.21. The van der Waals surface area contributed by atoms with Gasteiger partial charge in [0.25, 0.3) is 11.5 Å². The molecule has 1 saturated carbocycles. The van der Waals surface area contributed by atoms with E-state index >= 15 is 0 Å². The fourth-order valence-corrected chi connectivity index (χ4v) is 2.78. The minimum atomic E-state index is -0.667. The molecule has 0 atom stereocenters. The maximum atomic E-state index is 13.0. The third kappa shape index (κ3) is 3.81. The largest absolute Gasteiger partial charge is 0.492 e. The van der Waals surface area contributed by atoms with E-state index in [1.54, 1.807) is 6.92 Å². The van der Waals surface area contributed by atoms with E-state index in [-0.39, 0.29) is 41.5 Å². The number of amides is 1. The number of aromatic hydroxyl groups is 1. The Bertz CT molecular complexity index is 963. The number of carbonyl (C=O) groups excluding carboxylic acids is 2. The van der Waals surface area contributed by atoms with Gasteiger partial charge in [0.1, 0.15) is 5.65 Å². The number of ether oxygens (including phenoxy) is 1. The molecule has 1 aliphatic rings. The highest BCUT2D eigenvalue weighted by Crippen LogP contribution is 2.24. The number of fused-ring (bicyclic) bond motifs is 1. The number of hydrogen-bond donors (Lipinski definition) is 2. The van der Waals surface area contributed by atoms with Crippen molar-refractivity contribution >= 4 is 17.5 Å². The summed E-state index contributed by atoms with van der Waals surface area (Å²) >= 11 is 0. The van der Waals surface area contributed by atoms with E-state index in [9.17, 15) is 19.5 Å². The van der Waals surface area contributed by atoms with Gasteiger partial charge >= 0.3 is 5.97 Å². The zero-order chi connectivity index (χ0) is 19.9. The number of esters is 1. The van der Waals surface area contributed by atoms with Crippen molar-refractivity contribution in [1.82, 2.24) is 19.5 Å². The molecule has 0 unspecified atom stereocenters. The molecule has 0 bridgehead atoms. The van der Waals surface area contributed by atoms with E-state index < -0.39 is 23.3 Å². The van der Waals surface area contributed by atoms with Gasteiger partial charge in [-0.1, -0.05) is 20.8 Å². The molecule has 2 aromatic rings. The zero-order valence-corrected chi connectivity index (χ0v) is 15.9. The van der Waals surface area contributed by atoms with Crippen molar-refractivity contribution in [2.45, 2.75) is 53.1 Å². The molecule has 0 spiro atoms. The third-order valence-corrected chi connectivity index (χ3v) is 4.11. The molecule has 2 N–H and O–H groups in total. The van der Waals surface area contributed by atoms with Crippen molar-refractivity contribution < 1.29 is 19.4 Å². The first kappa shape index (κ1) is 18.9. The van der Waals surface area contributed by atoms with E-state index in [1.807, 2.05) is 20.8 Å². The minimum absolute atomic E-state index is 0.0239. The molecular formula is C18H24N4O5. The second kappa shape index (κ2) is 6.71. The molecule has 0 aromatic carbocycles. The van der Waals surface area contributed by atoms with Crippen LogP contribution in [-0.2, 0) is 11.3 Å². The van der Waals surface area contributed by atoms with Gasteiger partial charge < -0.3 is 15.2 Å². The van der Waals surface area contributed by atoms with Gasteiger partial charge in [0.15, 0.2) is 11.3 Å². The van der Waals surface area contributed by atoms with Crippen LogP contribution in [0.25, 0.3) is 5.65 Å². The average Bonchev–Trinajstić information content (AvgIpc) is 3.24. The first-order chi connectivity index (χ1) is 12.6. The summed E-state index contributed by atoms with van der Waals surface area (Å²) in [5, 5.41) is 17.3. The maximum absolute atomic E-state index is 13.0. The summed E-state index contributed by atoms with van der Waals surface area (Å²) in [5.41, 5.74) is -1.12. The standard InChI is InChI=1S/C18H24N4O5/c1-5-27-17(26)11-8-12-21(9-18(2,3)4)15(24)13(16(25)22(12)20-11)14(23)19-10-6-7-10/h8,10,25H,5-7,9H2,1-4H3,(H,19,23). The monoisotopic (exact) mass is 376 g/mol. The SMILES string of the molecule is CCOC(=O)c1cc2n(CC(C)(C)C)c(=O)c(C(=O)NC3CC3)c(O)n2n1. The van der Waals surface area contributed by atoms with E-state index in [0.717, 1.165) is 17.4 Å². The van der Waals surface area contributed by atoms with Crippen molar-refractivity contribution in [3.63, 3.8) is 0 Å². The number of nitrogens with one attached hydrogen (secondary N) is 1. The van der Waals surface area contributed by atoms with E-state index in [0.29, 0.717) is 0 Å². The van der Waals surface area contributed by atoms with Gasteiger partial charge in [-0.15, -0.1) is 0 Å². The predicted octanol–water partition coefficient (Wildman–Crippen LogP) is 1.32. The topological polar surface area (TPSA) is 115 Å². The Morgan fingerprint density at radius 2 is 2.04 bits per heavy atom. The fraction of sp³-hybridized carbons (Fsp3) is 0.556. The number of hydrogen-bond acceptors (Lipinski definition) is 6. The lowest BCUT2D eigenvalue weighted by atomic mass is 9.97. The minimum Gasteiger partial charge on any atom is -0.492 e. The molecule has 1 fully saturated rings. The molecule has 9 nitrogen and oxygen atoms in total. The summed E-state index contributed by atoms with van der Waals surface area (Å²) in [5.74, 6) is -1.90. The van der Waals surface area contributed by atoms with Crippen LogP contribution in [0.5, 0.6) is 5.88 Å². The summed E-state index contributed by atoms with van der Waals surface area (Å²) in [4.78, 5) is 37.6. The quantitative estimate of drug-likeness (QED) is 0.761. The summed E-state index contributed by atoms with van der Waals surface area (Å²) in [6.45, 7) is 7.93. The van der Waals surface area contributed by atoms with Crippen LogP contribution < -0.4 is 10.9 Å². The van der Waals surface area contributed by atoms with Gasteiger partial charge in [-0.3, -0.25) is 14.2 Å². The first-order valence-electron chi connectivity index (χ1n) is 8.96. The maximum Gasteiger partial charge on any atom is 0.358 e. The van der Waals surface area contributed by atoms with Crippen LogP contribution in [0.1, 0.15) is 61.4 Å². The number of aromatic nitrogens is 3. The molecule has 2 heterocycles. The second-order valence-corrected chi connectivity index (χ2v) is 7.92.